The van der Waals surface area contributed by atoms with Crippen LogP contribution in [0.2, 0.25) is 5.02 Å². The maximum atomic E-state index is 10.1. The van der Waals surface area contributed by atoms with Crippen LogP contribution in [-0.4, -0.2) is 28.7 Å². The number of nitrogen functional groups attached to an aromatic ring is 1. The second-order valence-corrected chi connectivity index (χ2v) is 5.91. The molecule has 1 aliphatic rings. The van der Waals surface area contributed by atoms with E-state index in [0.717, 1.165) is 55.2 Å². The molecule has 3 nitrogen and oxygen atoms in total. The van der Waals surface area contributed by atoms with Gasteiger partial charge in [-0.15, -0.1) is 0 Å². The Morgan fingerprint density at radius 3 is 2.94 bits per heavy atom. The van der Waals surface area contributed by atoms with Gasteiger partial charge < -0.3 is 10.8 Å². The zero-order valence-electron chi connectivity index (χ0n) is 10.8. The summed E-state index contributed by atoms with van der Waals surface area (Å²) >= 11 is 6.00. The summed E-state index contributed by atoms with van der Waals surface area (Å²) in [6.45, 7) is 4.63. The number of halogens is 1. The molecular weight excluding hydrogens is 248 g/mol. The molecule has 0 radical (unpaired) electrons. The Morgan fingerprint density at radius 1 is 1.39 bits per heavy atom. The van der Waals surface area contributed by atoms with Gasteiger partial charge >= 0.3 is 0 Å². The first-order valence-electron chi connectivity index (χ1n) is 6.45. The molecule has 1 aliphatic heterocycles. The summed E-state index contributed by atoms with van der Waals surface area (Å²) < 4.78 is 0. The highest BCUT2D eigenvalue weighted by Gasteiger charge is 2.25. The number of hydrogen-bond acceptors (Lipinski definition) is 3. The van der Waals surface area contributed by atoms with Crippen molar-refractivity contribution in [2.45, 2.75) is 38.3 Å². The molecule has 0 saturated carbocycles. The van der Waals surface area contributed by atoms with E-state index in [1.165, 1.54) is 0 Å². The average Bonchev–Trinajstić information content (AvgIpc) is 2.46. The molecule has 1 saturated heterocycles. The Bertz CT molecular complexity index is 420. The minimum absolute atomic E-state index is 0.519. The summed E-state index contributed by atoms with van der Waals surface area (Å²) in [6.07, 6.45) is 2.70. The van der Waals surface area contributed by atoms with Crippen LogP contribution in [0.25, 0.3) is 0 Å². The molecule has 4 heteroatoms. The molecule has 1 fully saturated rings. The molecule has 1 atom stereocenters. The first-order chi connectivity index (χ1) is 8.46. The van der Waals surface area contributed by atoms with E-state index in [4.69, 9.17) is 17.3 Å². The molecule has 1 unspecified atom stereocenters. The maximum absolute atomic E-state index is 10.1. The molecule has 0 amide bonds. The van der Waals surface area contributed by atoms with Crippen molar-refractivity contribution in [2.75, 3.05) is 18.8 Å². The Hall–Kier alpha value is -0.770. The lowest BCUT2D eigenvalue weighted by Crippen LogP contribution is -2.28. The Balaban J connectivity index is 2.03. The summed E-state index contributed by atoms with van der Waals surface area (Å²) in [4.78, 5) is 2.34. The quantitative estimate of drug-likeness (QED) is 0.811. The van der Waals surface area contributed by atoms with Gasteiger partial charge in [-0.25, -0.2) is 0 Å². The van der Waals surface area contributed by atoms with Crippen molar-refractivity contribution in [2.24, 2.45) is 0 Å². The number of anilines is 1. The van der Waals surface area contributed by atoms with Crippen molar-refractivity contribution < 1.29 is 5.11 Å². The molecule has 18 heavy (non-hydrogen) atoms. The van der Waals surface area contributed by atoms with Crippen molar-refractivity contribution in [1.82, 2.24) is 4.90 Å². The smallest absolute Gasteiger partial charge is 0.0632 e. The molecule has 1 aromatic carbocycles. The van der Waals surface area contributed by atoms with Crippen LogP contribution in [0.15, 0.2) is 18.2 Å². The fourth-order valence-electron chi connectivity index (χ4n) is 2.43. The van der Waals surface area contributed by atoms with Crippen molar-refractivity contribution in [3.05, 3.63) is 28.8 Å². The minimum atomic E-state index is -0.519. The lowest BCUT2D eigenvalue weighted by molar-refractivity contribution is 0.0444. The van der Waals surface area contributed by atoms with E-state index < -0.39 is 5.60 Å². The van der Waals surface area contributed by atoms with Crippen molar-refractivity contribution in [3.63, 3.8) is 0 Å². The van der Waals surface area contributed by atoms with E-state index >= 15 is 0 Å². The standard InChI is InChI=1S/C14H21ClN2O/c1-14(18)5-2-7-17(8-6-14)10-11-9-12(15)3-4-13(11)16/h3-4,9,18H,2,5-8,10,16H2,1H3. The number of aliphatic hydroxyl groups is 1. The maximum Gasteiger partial charge on any atom is 0.0632 e. The fourth-order valence-corrected chi connectivity index (χ4v) is 2.62. The van der Waals surface area contributed by atoms with Gasteiger partial charge in [0.25, 0.3) is 0 Å². The minimum Gasteiger partial charge on any atom is -0.398 e. The number of benzene rings is 1. The van der Waals surface area contributed by atoms with Gasteiger partial charge in [-0.05, 0) is 56.5 Å². The summed E-state index contributed by atoms with van der Waals surface area (Å²) in [5.74, 6) is 0. The molecule has 1 heterocycles. The highest BCUT2D eigenvalue weighted by atomic mass is 35.5. The monoisotopic (exact) mass is 268 g/mol. The topological polar surface area (TPSA) is 49.5 Å². The van der Waals surface area contributed by atoms with Gasteiger partial charge in [0.15, 0.2) is 0 Å². The Labute approximate surface area is 114 Å². The van der Waals surface area contributed by atoms with Crippen LogP contribution in [-0.2, 0) is 6.54 Å². The van der Waals surface area contributed by atoms with Crippen molar-refractivity contribution >= 4 is 17.3 Å². The number of hydrogen-bond donors (Lipinski definition) is 2. The SMILES string of the molecule is CC1(O)CCCN(Cc2cc(Cl)ccc2N)CC1. The van der Waals surface area contributed by atoms with Gasteiger partial charge in [0, 0.05) is 23.8 Å². The zero-order valence-corrected chi connectivity index (χ0v) is 11.6. The van der Waals surface area contributed by atoms with E-state index in [1.54, 1.807) is 0 Å². The third-order valence-corrected chi connectivity index (χ3v) is 3.89. The van der Waals surface area contributed by atoms with E-state index in [0.29, 0.717) is 0 Å². The lowest BCUT2D eigenvalue weighted by atomic mass is 9.98. The third kappa shape index (κ3) is 3.61. The van der Waals surface area contributed by atoms with E-state index in [9.17, 15) is 5.11 Å². The van der Waals surface area contributed by atoms with Gasteiger partial charge in [-0.3, -0.25) is 4.90 Å². The largest absolute Gasteiger partial charge is 0.398 e. The Kier molecular flexibility index (Phi) is 4.15. The van der Waals surface area contributed by atoms with Crippen LogP contribution < -0.4 is 5.73 Å². The van der Waals surface area contributed by atoms with E-state index in [-0.39, 0.29) is 0 Å². The number of likely N-dealkylation sites (tertiary alicyclic amines) is 1. The van der Waals surface area contributed by atoms with Crippen molar-refractivity contribution in [3.8, 4) is 0 Å². The summed E-state index contributed by atoms with van der Waals surface area (Å²) in [6, 6.07) is 5.60. The first-order valence-corrected chi connectivity index (χ1v) is 6.83. The van der Waals surface area contributed by atoms with Gasteiger partial charge in [0.05, 0.1) is 5.60 Å². The highest BCUT2D eigenvalue weighted by Crippen LogP contribution is 2.24. The van der Waals surface area contributed by atoms with Crippen LogP contribution in [0.1, 0.15) is 31.7 Å². The molecule has 0 spiro atoms. The second-order valence-electron chi connectivity index (χ2n) is 5.47. The molecule has 2 rings (SSSR count). The van der Waals surface area contributed by atoms with Crippen LogP contribution in [0.4, 0.5) is 5.69 Å². The Morgan fingerprint density at radius 2 is 2.17 bits per heavy atom. The van der Waals surface area contributed by atoms with E-state index in [2.05, 4.69) is 4.90 Å². The van der Waals surface area contributed by atoms with Crippen LogP contribution in [0, 0.1) is 0 Å². The second kappa shape index (κ2) is 5.47. The van der Waals surface area contributed by atoms with Gasteiger partial charge in [0.2, 0.25) is 0 Å². The first kappa shape index (κ1) is 13.7. The summed E-state index contributed by atoms with van der Waals surface area (Å²) in [5.41, 5.74) is 7.31. The van der Waals surface area contributed by atoms with Crippen LogP contribution >= 0.6 is 11.6 Å². The predicted octanol–water partition coefficient (Wildman–Crippen LogP) is 2.66. The molecule has 100 valence electrons. The normalized spacial score (nSPS) is 25.9. The summed E-state index contributed by atoms with van der Waals surface area (Å²) in [7, 11) is 0. The van der Waals surface area contributed by atoms with E-state index in [1.807, 2.05) is 25.1 Å². The zero-order chi connectivity index (χ0) is 13.2. The molecule has 1 aromatic rings. The molecule has 0 bridgehead atoms. The number of nitrogens with zero attached hydrogens (tertiary/aromatic N) is 1. The van der Waals surface area contributed by atoms with Crippen molar-refractivity contribution in [1.29, 1.82) is 0 Å². The third-order valence-electron chi connectivity index (χ3n) is 3.66. The van der Waals surface area contributed by atoms with Gasteiger partial charge in [0.1, 0.15) is 0 Å². The molecule has 3 N–H and O–H groups in total. The number of rotatable bonds is 2. The molecule has 0 aliphatic carbocycles. The van der Waals surface area contributed by atoms with Gasteiger partial charge in [-0.2, -0.15) is 0 Å². The molecule has 0 aromatic heterocycles. The number of nitrogens with two attached hydrogens (primary N) is 1. The predicted molar refractivity (Wildman–Crippen MR) is 75.6 cm³/mol. The lowest BCUT2D eigenvalue weighted by Gasteiger charge is -2.23. The van der Waals surface area contributed by atoms with Gasteiger partial charge in [-0.1, -0.05) is 11.6 Å². The highest BCUT2D eigenvalue weighted by molar-refractivity contribution is 6.30. The summed E-state index contributed by atoms with van der Waals surface area (Å²) in [5, 5.41) is 10.8. The fraction of sp³-hybridized carbons (Fsp3) is 0.571. The van der Waals surface area contributed by atoms with Crippen LogP contribution in [0.5, 0.6) is 0 Å². The average molecular weight is 269 g/mol. The molecular formula is C14H21ClN2O. The van der Waals surface area contributed by atoms with Crippen LogP contribution in [0.3, 0.4) is 0 Å².